The van der Waals surface area contributed by atoms with Crippen LogP contribution in [0.5, 0.6) is 0 Å². The van der Waals surface area contributed by atoms with Crippen molar-refractivity contribution >= 4 is 23.4 Å². The summed E-state index contributed by atoms with van der Waals surface area (Å²) in [6.45, 7) is 0. The van der Waals surface area contributed by atoms with Crippen LogP contribution in [0.1, 0.15) is 11.1 Å². The zero-order valence-electron chi connectivity index (χ0n) is 12.8. The molecule has 116 valence electrons. The van der Waals surface area contributed by atoms with Crippen molar-refractivity contribution in [2.45, 2.75) is 0 Å². The largest absolute Gasteiger partial charge is 0.378 e. The van der Waals surface area contributed by atoms with E-state index in [1.54, 1.807) is 18.2 Å². The van der Waals surface area contributed by atoms with Gasteiger partial charge in [0.05, 0.1) is 5.57 Å². The Morgan fingerprint density at radius 1 is 1.09 bits per heavy atom. The zero-order chi connectivity index (χ0) is 16.4. The second kappa shape index (κ2) is 6.04. The topological polar surface area (TPSA) is 41.9 Å². The first-order valence-electron chi connectivity index (χ1n) is 7.10. The lowest BCUT2D eigenvalue weighted by Crippen LogP contribution is -2.10. The second-order valence-corrected chi connectivity index (χ2v) is 5.34. The Bertz CT molecular complexity index is 808. The minimum atomic E-state index is -0.583. The Balaban J connectivity index is 1.98. The summed E-state index contributed by atoms with van der Waals surface area (Å²) in [5.74, 6) is -0.984. The summed E-state index contributed by atoms with van der Waals surface area (Å²) in [4.78, 5) is 18.7. The van der Waals surface area contributed by atoms with E-state index >= 15 is 0 Å². The Hall–Kier alpha value is -2.95. The van der Waals surface area contributed by atoms with E-state index < -0.39 is 11.8 Å². The minimum absolute atomic E-state index is 0.243. The summed E-state index contributed by atoms with van der Waals surface area (Å²) in [6.07, 6.45) is 1.46. The molecule has 0 aromatic heterocycles. The fourth-order valence-electron chi connectivity index (χ4n) is 2.28. The van der Waals surface area contributed by atoms with E-state index in [4.69, 9.17) is 4.84 Å². The third-order valence-electron chi connectivity index (χ3n) is 3.56. The van der Waals surface area contributed by atoms with Crippen LogP contribution in [0.3, 0.4) is 0 Å². The van der Waals surface area contributed by atoms with Crippen molar-refractivity contribution < 1.29 is 14.0 Å². The van der Waals surface area contributed by atoms with Crippen LogP contribution in [0.15, 0.2) is 59.3 Å². The Kier molecular flexibility index (Phi) is 3.93. The average molecular weight is 310 g/mol. The zero-order valence-corrected chi connectivity index (χ0v) is 12.8. The molecule has 0 saturated heterocycles. The van der Waals surface area contributed by atoms with Gasteiger partial charge in [-0.3, -0.25) is 0 Å². The number of nitrogens with zero attached hydrogens (tertiary/aromatic N) is 2. The molecule has 0 bridgehead atoms. The SMILES string of the molecule is CN(C)c1ccc(C2=NOC(=O)C2=Cc2ccccc2F)cc1. The van der Waals surface area contributed by atoms with Gasteiger partial charge in [0.25, 0.3) is 0 Å². The van der Waals surface area contributed by atoms with E-state index in [9.17, 15) is 9.18 Å². The van der Waals surface area contributed by atoms with E-state index in [0.29, 0.717) is 11.3 Å². The maximum atomic E-state index is 13.8. The number of hydrogen-bond donors (Lipinski definition) is 0. The highest BCUT2D eigenvalue weighted by Gasteiger charge is 2.27. The molecule has 0 radical (unpaired) electrons. The number of oxime groups is 1. The molecule has 1 heterocycles. The second-order valence-electron chi connectivity index (χ2n) is 5.34. The maximum Gasteiger partial charge on any atom is 0.368 e. The number of hydrogen-bond acceptors (Lipinski definition) is 4. The van der Waals surface area contributed by atoms with Gasteiger partial charge in [-0.05, 0) is 24.3 Å². The molecule has 0 unspecified atom stereocenters. The normalized spacial score (nSPS) is 15.5. The maximum absolute atomic E-state index is 13.8. The lowest BCUT2D eigenvalue weighted by atomic mass is 10.00. The number of anilines is 1. The van der Waals surface area contributed by atoms with Crippen LogP contribution in [0.4, 0.5) is 10.1 Å². The molecular formula is C18H15FN2O2. The van der Waals surface area contributed by atoms with Crippen LogP contribution in [-0.4, -0.2) is 25.8 Å². The molecule has 5 heteroatoms. The predicted octanol–water partition coefficient (Wildman–Crippen LogP) is 3.24. The molecule has 0 N–H and O–H groups in total. The van der Waals surface area contributed by atoms with E-state index in [2.05, 4.69) is 5.16 Å². The van der Waals surface area contributed by atoms with Gasteiger partial charge in [0, 0.05) is 30.9 Å². The highest BCUT2D eigenvalue weighted by molar-refractivity contribution is 6.31. The summed E-state index contributed by atoms with van der Waals surface area (Å²) < 4.78 is 13.8. The molecule has 0 aliphatic carbocycles. The van der Waals surface area contributed by atoms with Crippen LogP contribution in [-0.2, 0) is 9.63 Å². The first-order chi connectivity index (χ1) is 11.1. The summed E-state index contributed by atoms with van der Waals surface area (Å²) in [5.41, 5.74) is 2.73. The third kappa shape index (κ3) is 2.99. The number of halogens is 1. The van der Waals surface area contributed by atoms with Crippen molar-refractivity contribution in [2.75, 3.05) is 19.0 Å². The molecule has 1 aliphatic rings. The molecule has 0 spiro atoms. The molecule has 3 rings (SSSR count). The van der Waals surface area contributed by atoms with Crippen molar-refractivity contribution in [1.82, 2.24) is 0 Å². The van der Waals surface area contributed by atoms with Crippen LogP contribution < -0.4 is 4.90 Å². The van der Waals surface area contributed by atoms with Crippen LogP contribution >= 0.6 is 0 Å². The molecule has 0 saturated carbocycles. The smallest absolute Gasteiger partial charge is 0.368 e. The van der Waals surface area contributed by atoms with Gasteiger partial charge in [0.1, 0.15) is 11.5 Å². The Labute approximate surface area is 133 Å². The summed E-state index contributed by atoms with van der Waals surface area (Å²) in [6, 6.07) is 13.8. The highest BCUT2D eigenvalue weighted by Crippen LogP contribution is 2.23. The quantitative estimate of drug-likeness (QED) is 0.645. The predicted molar refractivity (Wildman–Crippen MR) is 87.8 cm³/mol. The Morgan fingerprint density at radius 3 is 2.43 bits per heavy atom. The minimum Gasteiger partial charge on any atom is -0.378 e. The molecular weight excluding hydrogens is 295 g/mol. The van der Waals surface area contributed by atoms with Gasteiger partial charge in [-0.15, -0.1) is 0 Å². The molecule has 0 atom stereocenters. The standard InChI is InChI=1S/C18H15FN2O2/c1-21(2)14-9-7-12(8-10-14)17-15(18(22)23-20-17)11-13-5-3-4-6-16(13)19/h3-11H,1-2H3. The van der Waals surface area contributed by atoms with Gasteiger partial charge >= 0.3 is 5.97 Å². The van der Waals surface area contributed by atoms with Gasteiger partial charge in [-0.2, -0.15) is 0 Å². The molecule has 23 heavy (non-hydrogen) atoms. The van der Waals surface area contributed by atoms with Crippen molar-refractivity contribution in [3.8, 4) is 0 Å². The molecule has 2 aromatic rings. The van der Waals surface area contributed by atoms with Gasteiger partial charge in [-0.25, -0.2) is 9.18 Å². The number of rotatable bonds is 3. The lowest BCUT2D eigenvalue weighted by molar-refractivity contribution is -0.136. The molecule has 1 aliphatic heterocycles. The molecule has 4 nitrogen and oxygen atoms in total. The third-order valence-corrected chi connectivity index (χ3v) is 3.56. The van der Waals surface area contributed by atoms with Crippen molar-refractivity contribution in [2.24, 2.45) is 5.16 Å². The van der Waals surface area contributed by atoms with Crippen LogP contribution in [0.2, 0.25) is 0 Å². The van der Waals surface area contributed by atoms with Gasteiger partial charge in [0.2, 0.25) is 0 Å². The summed E-state index contributed by atoms with van der Waals surface area (Å²) in [5, 5.41) is 3.83. The molecule has 0 fully saturated rings. The van der Waals surface area contributed by atoms with Gasteiger partial charge in [-0.1, -0.05) is 35.5 Å². The molecule has 2 aromatic carbocycles. The first kappa shape index (κ1) is 15.0. The van der Waals surface area contributed by atoms with E-state index in [1.807, 2.05) is 43.3 Å². The average Bonchev–Trinajstić information content (AvgIpc) is 2.91. The first-order valence-corrected chi connectivity index (χ1v) is 7.10. The van der Waals surface area contributed by atoms with E-state index in [1.165, 1.54) is 12.1 Å². The Morgan fingerprint density at radius 2 is 1.78 bits per heavy atom. The van der Waals surface area contributed by atoms with Crippen molar-refractivity contribution in [3.05, 3.63) is 71.0 Å². The number of carbonyl (C=O) groups is 1. The van der Waals surface area contributed by atoms with Crippen molar-refractivity contribution in [3.63, 3.8) is 0 Å². The number of carbonyl (C=O) groups excluding carboxylic acids is 1. The van der Waals surface area contributed by atoms with E-state index in [-0.39, 0.29) is 5.57 Å². The van der Waals surface area contributed by atoms with Gasteiger partial charge in [0.15, 0.2) is 0 Å². The lowest BCUT2D eigenvalue weighted by Gasteiger charge is -2.12. The fraction of sp³-hybridized carbons (Fsp3) is 0.111. The number of benzene rings is 2. The van der Waals surface area contributed by atoms with E-state index in [0.717, 1.165) is 11.3 Å². The fourth-order valence-corrected chi connectivity index (χ4v) is 2.28. The van der Waals surface area contributed by atoms with Crippen LogP contribution in [0, 0.1) is 5.82 Å². The van der Waals surface area contributed by atoms with Gasteiger partial charge < -0.3 is 9.74 Å². The summed E-state index contributed by atoms with van der Waals surface area (Å²) in [7, 11) is 3.89. The molecule has 0 amide bonds. The van der Waals surface area contributed by atoms with Crippen LogP contribution in [0.25, 0.3) is 6.08 Å². The monoisotopic (exact) mass is 310 g/mol. The van der Waals surface area contributed by atoms with Crippen molar-refractivity contribution in [1.29, 1.82) is 0 Å². The summed E-state index contributed by atoms with van der Waals surface area (Å²) >= 11 is 0. The highest BCUT2D eigenvalue weighted by atomic mass is 19.1.